The number of amides is 1. The van der Waals surface area contributed by atoms with Crippen molar-refractivity contribution in [3.05, 3.63) is 36.1 Å². The van der Waals surface area contributed by atoms with Crippen molar-refractivity contribution >= 4 is 11.9 Å². The molecule has 7 nitrogen and oxygen atoms in total. The van der Waals surface area contributed by atoms with Crippen LogP contribution in [0, 0.1) is 0 Å². The van der Waals surface area contributed by atoms with Crippen LogP contribution in [-0.4, -0.2) is 35.8 Å². The third-order valence-corrected chi connectivity index (χ3v) is 3.22. The largest absolute Gasteiger partial charge is 0.496 e. The second kappa shape index (κ2) is 7.98. The number of carboxylic acids is 1. The van der Waals surface area contributed by atoms with E-state index < -0.39 is 5.97 Å². The SMILES string of the molecule is COc1ccccc1-c1cc(C(=O)NCCCCC(=O)O)on1. The molecule has 0 unspecified atom stereocenters. The zero-order valence-corrected chi connectivity index (χ0v) is 12.7. The molecule has 0 atom stereocenters. The van der Waals surface area contributed by atoms with Gasteiger partial charge in [-0.3, -0.25) is 9.59 Å². The molecule has 2 N–H and O–H groups in total. The van der Waals surface area contributed by atoms with E-state index in [9.17, 15) is 9.59 Å². The number of aromatic nitrogens is 1. The Morgan fingerprint density at radius 1 is 1.30 bits per heavy atom. The molecule has 23 heavy (non-hydrogen) atoms. The molecule has 0 aliphatic heterocycles. The molecule has 7 heteroatoms. The highest BCUT2D eigenvalue weighted by atomic mass is 16.5. The molecule has 0 spiro atoms. The van der Waals surface area contributed by atoms with E-state index in [4.69, 9.17) is 14.4 Å². The van der Waals surface area contributed by atoms with Crippen LogP contribution in [0.15, 0.2) is 34.9 Å². The first-order chi connectivity index (χ1) is 11.1. The number of aliphatic carboxylic acids is 1. The maximum absolute atomic E-state index is 11.9. The summed E-state index contributed by atoms with van der Waals surface area (Å²) in [6.07, 6.45) is 1.19. The zero-order valence-electron chi connectivity index (χ0n) is 12.7. The van der Waals surface area contributed by atoms with Gasteiger partial charge >= 0.3 is 5.97 Å². The van der Waals surface area contributed by atoms with Gasteiger partial charge < -0.3 is 19.7 Å². The van der Waals surface area contributed by atoms with Gasteiger partial charge in [0.2, 0.25) is 5.76 Å². The number of rotatable bonds is 8. The Hall–Kier alpha value is -2.83. The van der Waals surface area contributed by atoms with Crippen LogP contribution in [0.1, 0.15) is 29.8 Å². The lowest BCUT2D eigenvalue weighted by atomic mass is 10.1. The van der Waals surface area contributed by atoms with E-state index in [2.05, 4.69) is 10.5 Å². The minimum absolute atomic E-state index is 0.0934. The number of hydrogen-bond acceptors (Lipinski definition) is 5. The van der Waals surface area contributed by atoms with Crippen molar-refractivity contribution in [2.75, 3.05) is 13.7 Å². The minimum atomic E-state index is -0.840. The fourth-order valence-corrected chi connectivity index (χ4v) is 2.06. The number of methoxy groups -OCH3 is 1. The fraction of sp³-hybridized carbons (Fsp3) is 0.312. The van der Waals surface area contributed by atoms with Gasteiger partial charge in [-0.2, -0.15) is 0 Å². The summed E-state index contributed by atoms with van der Waals surface area (Å²) in [6.45, 7) is 0.386. The summed E-state index contributed by atoms with van der Waals surface area (Å²) >= 11 is 0. The molecule has 2 aromatic rings. The monoisotopic (exact) mass is 318 g/mol. The smallest absolute Gasteiger partial charge is 0.303 e. The lowest BCUT2D eigenvalue weighted by Crippen LogP contribution is -2.24. The van der Waals surface area contributed by atoms with E-state index in [1.165, 1.54) is 0 Å². The molecule has 1 aromatic heterocycles. The summed E-state index contributed by atoms with van der Waals surface area (Å²) in [4.78, 5) is 22.3. The van der Waals surface area contributed by atoms with E-state index >= 15 is 0 Å². The summed E-state index contributed by atoms with van der Waals surface area (Å²) in [6, 6.07) is 8.85. The predicted molar refractivity (Wildman–Crippen MR) is 82.3 cm³/mol. The Bertz CT molecular complexity index is 681. The van der Waals surface area contributed by atoms with Crippen molar-refractivity contribution < 1.29 is 24.0 Å². The number of carbonyl (C=O) groups excluding carboxylic acids is 1. The first-order valence-corrected chi connectivity index (χ1v) is 7.22. The van der Waals surface area contributed by atoms with Gasteiger partial charge in [0.15, 0.2) is 0 Å². The van der Waals surface area contributed by atoms with E-state index in [1.807, 2.05) is 18.2 Å². The standard InChI is InChI=1S/C16H18N2O5/c1-22-13-7-3-2-6-11(13)12-10-14(23-18-12)16(21)17-9-5-4-8-15(19)20/h2-3,6-7,10H,4-5,8-9H2,1H3,(H,17,21)(H,19,20). The Labute approximate surface area is 133 Å². The molecule has 0 saturated heterocycles. The molecule has 0 saturated carbocycles. The lowest BCUT2D eigenvalue weighted by Gasteiger charge is -2.03. The first-order valence-electron chi connectivity index (χ1n) is 7.22. The fourth-order valence-electron chi connectivity index (χ4n) is 2.06. The predicted octanol–water partition coefficient (Wildman–Crippen LogP) is 2.33. The second-order valence-electron chi connectivity index (χ2n) is 4.88. The van der Waals surface area contributed by atoms with Gasteiger partial charge in [0, 0.05) is 24.6 Å². The number of ether oxygens (including phenoxy) is 1. The Morgan fingerprint density at radius 3 is 2.83 bits per heavy atom. The number of nitrogens with one attached hydrogen (secondary N) is 1. The second-order valence-corrected chi connectivity index (χ2v) is 4.88. The van der Waals surface area contributed by atoms with Crippen molar-refractivity contribution in [2.45, 2.75) is 19.3 Å². The van der Waals surface area contributed by atoms with Crippen molar-refractivity contribution in [3.63, 3.8) is 0 Å². The molecule has 0 aliphatic rings. The van der Waals surface area contributed by atoms with Crippen LogP contribution in [0.2, 0.25) is 0 Å². The molecule has 122 valence electrons. The normalized spacial score (nSPS) is 10.3. The highest BCUT2D eigenvalue weighted by Crippen LogP contribution is 2.28. The zero-order chi connectivity index (χ0) is 16.7. The van der Waals surface area contributed by atoms with E-state index in [-0.39, 0.29) is 18.1 Å². The number of carboxylic acid groups (broad SMARTS) is 1. The minimum Gasteiger partial charge on any atom is -0.496 e. The highest BCUT2D eigenvalue weighted by molar-refractivity contribution is 5.92. The molecule has 0 fully saturated rings. The van der Waals surface area contributed by atoms with Crippen molar-refractivity contribution in [1.29, 1.82) is 0 Å². The third kappa shape index (κ3) is 4.57. The van der Waals surface area contributed by atoms with Gasteiger partial charge in [-0.25, -0.2) is 0 Å². The van der Waals surface area contributed by atoms with Crippen molar-refractivity contribution in [3.8, 4) is 17.0 Å². The van der Waals surface area contributed by atoms with Gasteiger partial charge in [0.05, 0.1) is 7.11 Å². The molecular formula is C16H18N2O5. The van der Waals surface area contributed by atoms with Gasteiger partial charge in [-0.15, -0.1) is 0 Å². The molecule has 0 radical (unpaired) electrons. The van der Waals surface area contributed by atoms with Gasteiger partial charge in [0.1, 0.15) is 11.4 Å². The number of unbranched alkanes of at least 4 members (excludes halogenated alkanes) is 1. The van der Waals surface area contributed by atoms with E-state index in [1.54, 1.807) is 19.2 Å². The summed E-state index contributed by atoms with van der Waals surface area (Å²) in [7, 11) is 1.56. The molecule has 1 heterocycles. The molecule has 0 bridgehead atoms. The van der Waals surface area contributed by atoms with Crippen LogP contribution in [0.3, 0.4) is 0 Å². The first kappa shape index (κ1) is 16.5. The molecule has 1 aromatic carbocycles. The number of carbonyl (C=O) groups is 2. The van der Waals surface area contributed by atoms with E-state index in [0.29, 0.717) is 30.8 Å². The topological polar surface area (TPSA) is 102 Å². The molecular weight excluding hydrogens is 300 g/mol. The average Bonchev–Trinajstić information content (AvgIpc) is 3.04. The summed E-state index contributed by atoms with van der Waals surface area (Å²) in [5.41, 5.74) is 1.25. The Kier molecular flexibility index (Phi) is 5.74. The van der Waals surface area contributed by atoms with Gasteiger partial charge in [0.25, 0.3) is 5.91 Å². The van der Waals surface area contributed by atoms with Crippen LogP contribution in [-0.2, 0) is 4.79 Å². The van der Waals surface area contributed by atoms with Crippen LogP contribution < -0.4 is 10.1 Å². The number of para-hydroxylation sites is 1. The van der Waals surface area contributed by atoms with Crippen LogP contribution in [0.25, 0.3) is 11.3 Å². The lowest BCUT2D eigenvalue weighted by molar-refractivity contribution is -0.137. The van der Waals surface area contributed by atoms with Gasteiger partial charge in [-0.05, 0) is 25.0 Å². The number of nitrogens with zero attached hydrogens (tertiary/aromatic N) is 1. The molecule has 0 aliphatic carbocycles. The number of benzene rings is 1. The van der Waals surface area contributed by atoms with E-state index in [0.717, 1.165) is 5.56 Å². The molecule has 1 amide bonds. The summed E-state index contributed by atoms with van der Waals surface area (Å²) in [5.74, 6) is -0.479. The Balaban J connectivity index is 1.93. The summed E-state index contributed by atoms with van der Waals surface area (Å²) in [5, 5.41) is 15.1. The van der Waals surface area contributed by atoms with Crippen molar-refractivity contribution in [2.24, 2.45) is 0 Å². The van der Waals surface area contributed by atoms with Crippen molar-refractivity contribution in [1.82, 2.24) is 10.5 Å². The summed E-state index contributed by atoms with van der Waals surface area (Å²) < 4.78 is 10.3. The Morgan fingerprint density at radius 2 is 2.09 bits per heavy atom. The third-order valence-electron chi connectivity index (χ3n) is 3.22. The maximum Gasteiger partial charge on any atom is 0.303 e. The highest BCUT2D eigenvalue weighted by Gasteiger charge is 2.15. The van der Waals surface area contributed by atoms with Crippen LogP contribution >= 0.6 is 0 Å². The van der Waals surface area contributed by atoms with Crippen LogP contribution in [0.4, 0.5) is 0 Å². The molecule has 2 rings (SSSR count). The number of hydrogen-bond donors (Lipinski definition) is 2. The van der Waals surface area contributed by atoms with Crippen LogP contribution in [0.5, 0.6) is 5.75 Å². The van der Waals surface area contributed by atoms with Gasteiger partial charge in [-0.1, -0.05) is 17.3 Å². The maximum atomic E-state index is 11.9. The average molecular weight is 318 g/mol. The quantitative estimate of drug-likeness (QED) is 0.724.